The lowest BCUT2D eigenvalue weighted by Crippen LogP contribution is -2.61. The summed E-state index contributed by atoms with van der Waals surface area (Å²) in [5.74, 6) is -2.54. The summed E-state index contributed by atoms with van der Waals surface area (Å²) in [4.78, 5) is 25.8. The number of aliphatic hydroxyl groups is 3. The molecule has 0 aromatic carbocycles. The van der Waals surface area contributed by atoms with Crippen LogP contribution < -0.4 is 0 Å². The second kappa shape index (κ2) is 8.97. The summed E-state index contributed by atoms with van der Waals surface area (Å²) in [5.41, 5.74) is -3.33. The van der Waals surface area contributed by atoms with Gasteiger partial charge in [0.2, 0.25) is 0 Å². The van der Waals surface area contributed by atoms with E-state index >= 15 is 0 Å². The molecule has 4 aliphatic rings. The largest absolute Gasteiger partial charge is 0.455 e. The number of aliphatic hydroxyl groups excluding tert-OH is 1. The van der Waals surface area contributed by atoms with E-state index in [-0.39, 0.29) is 36.6 Å². The van der Waals surface area contributed by atoms with Crippen LogP contribution in [0.2, 0.25) is 0 Å². The molecule has 6 heteroatoms. The van der Waals surface area contributed by atoms with Crippen LogP contribution in [0.1, 0.15) is 79.6 Å². The van der Waals surface area contributed by atoms with Crippen LogP contribution in [0.15, 0.2) is 35.5 Å². The number of Topliss-reactive ketones (excluding diaryl/α,β-unsaturated/α-hetero) is 1. The molecule has 0 heterocycles. The maximum absolute atomic E-state index is 13.0. The number of esters is 1. The van der Waals surface area contributed by atoms with E-state index in [9.17, 15) is 24.9 Å². The van der Waals surface area contributed by atoms with E-state index in [1.807, 2.05) is 19.1 Å². The van der Waals surface area contributed by atoms with Gasteiger partial charge in [-0.15, -0.1) is 0 Å². The van der Waals surface area contributed by atoms with Crippen molar-refractivity contribution in [2.45, 2.75) is 96.4 Å². The van der Waals surface area contributed by atoms with Gasteiger partial charge in [0.1, 0.15) is 11.2 Å². The number of hydrogen-bond acceptors (Lipinski definition) is 6. The Bertz CT molecular complexity index is 976. The monoisotopic (exact) mass is 486 g/mol. The summed E-state index contributed by atoms with van der Waals surface area (Å²) in [6.45, 7) is 9.57. The fourth-order valence-electron chi connectivity index (χ4n) is 7.68. The van der Waals surface area contributed by atoms with Crippen LogP contribution in [0.4, 0.5) is 0 Å². The molecule has 2 fully saturated rings. The van der Waals surface area contributed by atoms with Crippen molar-refractivity contribution >= 4 is 11.8 Å². The van der Waals surface area contributed by atoms with E-state index in [0.717, 1.165) is 19.3 Å². The molecule has 35 heavy (non-hydrogen) atoms. The van der Waals surface area contributed by atoms with Crippen LogP contribution >= 0.6 is 0 Å². The summed E-state index contributed by atoms with van der Waals surface area (Å²) in [5, 5.41) is 33.9. The molecule has 4 rings (SSSR count). The van der Waals surface area contributed by atoms with Gasteiger partial charge in [-0.25, -0.2) is 4.79 Å². The van der Waals surface area contributed by atoms with Crippen molar-refractivity contribution in [1.82, 2.24) is 0 Å². The molecule has 0 unspecified atom stereocenters. The van der Waals surface area contributed by atoms with E-state index in [1.165, 1.54) is 18.9 Å². The molecule has 2 saturated carbocycles. The maximum atomic E-state index is 13.0. The SMILES string of the molecule is CCCCCC/C=C/C(=O)O[C@@]12C[C@@H](C)[C@@]3(O)[C@@H](C=C(CO)C[C@]4(O)C(=O)C(C)=C[C@@H]34)[C@@H]1C2(C)C. The minimum absolute atomic E-state index is 0.00687. The van der Waals surface area contributed by atoms with Crippen molar-refractivity contribution in [3.63, 3.8) is 0 Å². The third-order valence-corrected chi connectivity index (χ3v) is 9.64. The molecule has 0 radical (unpaired) electrons. The van der Waals surface area contributed by atoms with Gasteiger partial charge in [0.25, 0.3) is 0 Å². The van der Waals surface area contributed by atoms with Crippen LogP contribution in [-0.2, 0) is 14.3 Å². The van der Waals surface area contributed by atoms with Gasteiger partial charge in [0.05, 0.1) is 12.2 Å². The molecule has 0 aromatic heterocycles. The highest BCUT2D eigenvalue weighted by Gasteiger charge is 2.83. The van der Waals surface area contributed by atoms with Gasteiger partial charge < -0.3 is 20.1 Å². The van der Waals surface area contributed by atoms with Crippen LogP contribution in [0, 0.1) is 29.1 Å². The summed E-state index contributed by atoms with van der Waals surface area (Å²) in [6, 6.07) is 0. The third-order valence-electron chi connectivity index (χ3n) is 9.64. The van der Waals surface area contributed by atoms with Gasteiger partial charge in [-0.2, -0.15) is 0 Å². The zero-order valence-corrected chi connectivity index (χ0v) is 21.8. The number of fused-ring (bicyclic) bond motifs is 5. The van der Waals surface area contributed by atoms with Gasteiger partial charge in [-0.3, -0.25) is 4.79 Å². The molecule has 4 aliphatic carbocycles. The Morgan fingerprint density at radius 2 is 1.91 bits per heavy atom. The molecule has 6 nitrogen and oxygen atoms in total. The topological polar surface area (TPSA) is 104 Å². The molecule has 7 atom stereocenters. The molecule has 0 aliphatic heterocycles. The standard InChI is InChI=1S/C29H42O6/c1-6-7-8-9-10-11-12-23(31)35-28-15-19(3)29(34)21(24(28)26(28,4)5)14-20(17-30)16-27(33)22(29)13-18(2)25(27)32/h11-14,19,21-22,24,30,33-34H,6-10,15-17H2,1-5H3/b12-11+/t19-,21+,22-,24-,27-,28+,29-/m1/s1. The third kappa shape index (κ3) is 3.79. The maximum Gasteiger partial charge on any atom is 0.331 e. The number of allylic oxidation sites excluding steroid dienone is 1. The van der Waals surface area contributed by atoms with Crippen LogP contribution in [0.3, 0.4) is 0 Å². The lowest BCUT2D eigenvalue weighted by molar-refractivity contribution is -0.185. The Balaban J connectivity index is 1.63. The second-order valence-corrected chi connectivity index (χ2v) is 12.0. The zero-order chi connectivity index (χ0) is 25.8. The Labute approximate surface area is 209 Å². The lowest BCUT2D eigenvalue weighted by Gasteiger charge is -2.50. The summed E-state index contributed by atoms with van der Waals surface area (Å²) < 4.78 is 6.18. The number of rotatable bonds is 8. The highest BCUT2D eigenvalue weighted by molar-refractivity contribution is 6.04. The van der Waals surface area contributed by atoms with Gasteiger partial charge in [-0.1, -0.05) is 65.2 Å². The molecule has 0 spiro atoms. The minimum atomic E-state index is -1.77. The number of carbonyl (C=O) groups is 2. The van der Waals surface area contributed by atoms with Crippen LogP contribution in [0.5, 0.6) is 0 Å². The van der Waals surface area contributed by atoms with E-state index in [4.69, 9.17) is 4.74 Å². The van der Waals surface area contributed by atoms with Crippen molar-refractivity contribution < 1.29 is 29.6 Å². The number of ether oxygens (including phenoxy) is 1. The lowest BCUT2D eigenvalue weighted by atomic mass is 9.60. The Morgan fingerprint density at radius 1 is 1.20 bits per heavy atom. The van der Waals surface area contributed by atoms with E-state index in [2.05, 4.69) is 20.8 Å². The van der Waals surface area contributed by atoms with Crippen molar-refractivity contribution in [3.8, 4) is 0 Å². The van der Waals surface area contributed by atoms with Crippen molar-refractivity contribution in [3.05, 3.63) is 35.5 Å². The first-order valence-electron chi connectivity index (χ1n) is 13.3. The van der Waals surface area contributed by atoms with Crippen LogP contribution in [-0.4, -0.2) is 50.5 Å². The molecular formula is C29H42O6. The van der Waals surface area contributed by atoms with Crippen molar-refractivity contribution in [1.29, 1.82) is 0 Å². The molecule has 0 bridgehead atoms. The predicted octanol–water partition coefficient (Wildman–Crippen LogP) is 4.04. The van der Waals surface area contributed by atoms with Crippen molar-refractivity contribution in [2.24, 2.45) is 29.1 Å². The quantitative estimate of drug-likeness (QED) is 0.207. The molecule has 3 N–H and O–H groups in total. The fourth-order valence-corrected chi connectivity index (χ4v) is 7.68. The predicted molar refractivity (Wildman–Crippen MR) is 133 cm³/mol. The highest BCUT2D eigenvalue weighted by Crippen LogP contribution is 2.76. The minimum Gasteiger partial charge on any atom is -0.455 e. The molecule has 0 amide bonds. The normalized spacial score (nSPS) is 41.4. The van der Waals surface area contributed by atoms with E-state index < -0.39 is 34.1 Å². The average Bonchev–Trinajstić information content (AvgIpc) is 3.20. The molecular weight excluding hydrogens is 444 g/mol. The zero-order valence-electron chi connectivity index (χ0n) is 21.8. The Morgan fingerprint density at radius 3 is 2.57 bits per heavy atom. The van der Waals surface area contributed by atoms with E-state index in [1.54, 1.807) is 13.0 Å². The average molecular weight is 487 g/mol. The van der Waals surface area contributed by atoms with Crippen molar-refractivity contribution in [2.75, 3.05) is 6.61 Å². The first-order chi connectivity index (χ1) is 16.4. The summed E-state index contributed by atoms with van der Waals surface area (Å²) in [6.07, 6.45) is 12.8. The Kier molecular flexibility index (Phi) is 6.74. The molecule has 0 saturated heterocycles. The number of carbonyl (C=O) groups excluding carboxylic acids is 2. The summed E-state index contributed by atoms with van der Waals surface area (Å²) >= 11 is 0. The molecule has 194 valence electrons. The van der Waals surface area contributed by atoms with Gasteiger partial charge in [0.15, 0.2) is 5.78 Å². The smallest absolute Gasteiger partial charge is 0.331 e. The first-order valence-corrected chi connectivity index (χ1v) is 13.3. The van der Waals surface area contributed by atoms with Gasteiger partial charge in [-0.05, 0) is 43.3 Å². The number of ketones is 1. The number of hydrogen-bond donors (Lipinski definition) is 3. The Hall–Kier alpha value is -1.76. The fraction of sp³-hybridized carbons (Fsp3) is 0.724. The molecule has 0 aromatic rings. The first kappa shape index (κ1) is 26.3. The number of unbranched alkanes of at least 4 members (excludes halogenated alkanes) is 4. The summed E-state index contributed by atoms with van der Waals surface area (Å²) in [7, 11) is 0. The van der Waals surface area contributed by atoms with Gasteiger partial charge >= 0.3 is 5.97 Å². The van der Waals surface area contributed by atoms with E-state index in [0.29, 0.717) is 17.6 Å². The highest BCUT2D eigenvalue weighted by atomic mass is 16.6. The van der Waals surface area contributed by atoms with Gasteiger partial charge in [0, 0.05) is 35.7 Å². The second-order valence-electron chi connectivity index (χ2n) is 12.0. The van der Waals surface area contributed by atoms with Crippen LogP contribution in [0.25, 0.3) is 0 Å².